The molecule has 1 aliphatic heterocycles. The summed E-state index contributed by atoms with van der Waals surface area (Å²) in [4.78, 5) is 16.5. The Labute approximate surface area is 157 Å². The van der Waals surface area contributed by atoms with Gasteiger partial charge in [0, 0.05) is 11.8 Å². The molecule has 0 saturated carbocycles. The first-order chi connectivity index (χ1) is 13.2. The number of nitrogens with zero attached hydrogens (tertiary/aromatic N) is 1. The number of carbonyl (C=O) groups excluding carboxylic acids is 1. The van der Waals surface area contributed by atoms with Gasteiger partial charge in [0.05, 0.1) is 18.3 Å². The lowest BCUT2D eigenvalue weighted by Gasteiger charge is -2.09. The Morgan fingerprint density at radius 3 is 2.56 bits per heavy atom. The van der Waals surface area contributed by atoms with Crippen molar-refractivity contribution in [1.29, 1.82) is 0 Å². The van der Waals surface area contributed by atoms with Crippen LogP contribution in [-0.2, 0) is 11.2 Å². The summed E-state index contributed by atoms with van der Waals surface area (Å²) in [7, 11) is 0. The highest BCUT2D eigenvalue weighted by Gasteiger charge is 2.13. The van der Waals surface area contributed by atoms with E-state index in [-0.39, 0.29) is 12.7 Å². The Balaban J connectivity index is 1.35. The molecule has 2 heterocycles. The van der Waals surface area contributed by atoms with E-state index in [1.165, 1.54) is 5.56 Å². The lowest BCUT2D eigenvalue weighted by atomic mass is 10.1. The Morgan fingerprint density at radius 1 is 1.00 bits per heavy atom. The van der Waals surface area contributed by atoms with Gasteiger partial charge in [0.1, 0.15) is 5.82 Å². The molecule has 4 rings (SSSR count). The number of ether oxygens (including phenoxy) is 2. The number of fused-ring (bicyclic) bond motifs is 1. The molecule has 2 aromatic carbocycles. The highest BCUT2D eigenvalue weighted by Crippen LogP contribution is 2.35. The maximum Gasteiger partial charge on any atom is 0.231 e. The molecule has 6 nitrogen and oxygen atoms in total. The van der Waals surface area contributed by atoms with Gasteiger partial charge in [-0.3, -0.25) is 4.79 Å². The van der Waals surface area contributed by atoms with E-state index >= 15 is 0 Å². The zero-order valence-corrected chi connectivity index (χ0v) is 14.9. The van der Waals surface area contributed by atoms with E-state index in [0.29, 0.717) is 18.0 Å². The van der Waals surface area contributed by atoms with Gasteiger partial charge in [-0.2, -0.15) is 0 Å². The molecule has 0 bridgehead atoms. The first-order valence-corrected chi connectivity index (χ1v) is 8.64. The van der Waals surface area contributed by atoms with Gasteiger partial charge in [-0.15, -0.1) is 0 Å². The average Bonchev–Trinajstić information content (AvgIpc) is 3.13. The number of nitrogens with one attached hydrogen (secondary N) is 2. The third-order valence-corrected chi connectivity index (χ3v) is 4.18. The summed E-state index contributed by atoms with van der Waals surface area (Å²) in [5.74, 6) is 1.88. The number of benzene rings is 2. The third kappa shape index (κ3) is 4.17. The van der Waals surface area contributed by atoms with E-state index in [0.717, 1.165) is 22.7 Å². The minimum atomic E-state index is -0.0946. The van der Waals surface area contributed by atoms with E-state index in [2.05, 4.69) is 15.6 Å². The average molecular weight is 361 g/mol. The van der Waals surface area contributed by atoms with Crippen molar-refractivity contribution in [2.45, 2.75) is 13.3 Å². The number of aromatic nitrogens is 1. The summed E-state index contributed by atoms with van der Waals surface area (Å²) in [5.41, 5.74) is 3.83. The van der Waals surface area contributed by atoms with Crippen LogP contribution in [0.25, 0.3) is 0 Å². The summed E-state index contributed by atoms with van der Waals surface area (Å²) >= 11 is 0. The molecule has 0 spiro atoms. The topological polar surface area (TPSA) is 72.5 Å². The fraction of sp³-hybridized carbons (Fsp3) is 0.143. The fourth-order valence-corrected chi connectivity index (χ4v) is 2.76. The van der Waals surface area contributed by atoms with Crippen molar-refractivity contribution in [1.82, 2.24) is 4.98 Å². The molecule has 2 N–H and O–H groups in total. The molecule has 1 aromatic heterocycles. The molecule has 0 unspecified atom stereocenters. The Kier molecular flexibility index (Phi) is 4.61. The van der Waals surface area contributed by atoms with Crippen LogP contribution in [0.2, 0.25) is 0 Å². The van der Waals surface area contributed by atoms with E-state index in [9.17, 15) is 4.79 Å². The zero-order valence-electron chi connectivity index (χ0n) is 14.9. The number of hydrogen-bond acceptors (Lipinski definition) is 5. The maximum absolute atomic E-state index is 12.2. The lowest BCUT2D eigenvalue weighted by Crippen LogP contribution is -2.15. The molecule has 136 valence electrons. The van der Waals surface area contributed by atoms with Crippen molar-refractivity contribution in [2.75, 3.05) is 17.4 Å². The molecule has 3 aromatic rings. The van der Waals surface area contributed by atoms with Crippen LogP contribution in [0.15, 0.2) is 60.8 Å². The van der Waals surface area contributed by atoms with Gasteiger partial charge in [-0.1, -0.05) is 29.8 Å². The van der Waals surface area contributed by atoms with Gasteiger partial charge in [-0.25, -0.2) is 4.98 Å². The van der Waals surface area contributed by atoms with E-state index in [4.69, 9.17) is 9.47 Å². The van der Waals surface area contributed by atoms with Gasteiger partial charge in [0.15, 0.2) is 11.5 Å². The normalized spacial score (nSPS) is 11.9. The number of hydrogen-bond donors (Lipinski definition) is 2. The van der Waals surface area contributed by atoms with Gasteiger partial charge in [0.25, 0.3) is 0 Å². The van der Waals surface area contributed by atoms with Gasteiger partial charge in [0.2, 0.25) is 12.7 Å². The summed E-state index contributed by atoms with van der Waals surface area (Å²) in [6.45, 7) is 2.27. The maximum atomic E-state index is 12.2. The van der Waals surface area contributed by atoms with E-state index in [1.54, 1.807) is 12.3 Å². The molecule has 0 aliphatic carbocycles. The predicted molar refractivity (Wildman–Crippen MR) is 104 cm³/mol. The monoisotopic (exact) mass is 361 g/mol. The van der Waals surface area contributed by atoms with Crippen LogP contribution in [0.4, 0.5) is 17.2 Å². The van der Waals surface area contributed by atoms with E-state index < -0.39 is 0 Å². The standard InChI is InChI=1S/C21H19N3O3/c1-14-2-4-15(5-3-14)10-21(25)24-20-9-7-17(12-22-20)23-16-6-8-18-19(11-16)27-13-26-18/h2-9,11-12,23H,10,13H2,1H3,(H,22,24,25). The molecule has 0 fully saturated rings. The Bertz CT molecular complexity index is 953. The molecular weight excluding hydrogens is 342 g/mol. The summed E-state index contributed by atoms with van der Waals surface area (Å²) < 4.78 is 10.7. The molecule has 0 radical (unpaired) electrons. The largest absolute Gasteiger partial charge is 0.454 e. The second kappa shape index (κ2) is 7.37. The first kappa shape index (κ1) is 16.9. The van der Waals surface area contributed by atoms with Crippen molar-refractivity contribution in [3.8, 4) is 11.5 Å². The van der Waals surface area contributed by atoms with Crippen LogP contribution in [-0.4, -0.2) is 17.7 Å². The van der Waals surface area contributed by atoms with Crippen molar-refractivity contribution >= 4 is 23.1 Å². The smallest absolute Gasteiger partial charge is 0.231 e. The number of carbonyl (C=O) groups is 1. The van der Waals surface area contributed by atoms with Crippen molar-refractivity contribution < 1.29 is 14.3 Å². The van der Waals surface area contributed by atoms with Gasteiger partial charge < -0.3 is 20.1 Å². The SMILES string of the molecule is Cc1ccc(CC(=O)Nc2ccc(Nc3ccc4c(c3)OCO4)cn2)cc1. The Hall–Kier alpha value is -3.54. The first-order valence-electron chi connectivity index (χ1n) is 8.64. The minimum absolute atomic E-state index is 0.0946. The highest BCUT2D eigenvalue weighted by atomic mass is 16.7. The van der Waals surface area contributed by atoms with Crippen molar-refractivity contribution in [2.24, 2.45) is 0 Å². The molecule has 1 aliphatic rings. The second-order valence-electron chi connectivity index (χ2n) is 6.34. The number of anilines is 3. The predicted octanol–water partition coefficient (Wildman–Crippen LogP) is 4.04. The molecule has 0 saturated heterocycles. The number of aryl methyl sites for hydroxylation is 1. The number of pyridine rings is 1. The molecule has 0 atom stereocenters. The molecule has 1 amide bonds. The van der Waals surface area contributed by atoms with Crippen LogP contribution in [0.5, 0.6) is 11.5 Å². The van der Waals surface area contributed by atoms with Crippen molar-refractivity contribution in [3.63, 3.8) is 0 Å². The third-order valence-electron chi connectivity index (χ3n) is 4.18. The summed E-state index contributed by atoms with van der Waals surface area (Å²) in [6, 6.07) is 17.2. The quantitative estimate of drug-likeness (QED) is 0.717. The van der Waals surface area contributed by atoms with Gasteiger partial charge in [-0.05, 0) is 36.8 Å². The van der Waals surface area contributed by atoms with E-state index in [1.807, 2.05) is 55.5 Å². The summed E-state index contributed by atoms with van der Waals surface area (Å²) in [5, 5.41) is 6.06. The van der Waals surface area contributed by atoms with Gasteiger partial charge >= 0.3 is 0 Å². The second-order valence-corrected chi connectivity index (χ2v) is 6.34. The lowest BCUT2D eigenvalue weighted by molar-refractivity contribution is -0.115. The summed E-state index contributed by atoms with van der Waals surface area (Å²) in [6.07, 6.45) is 1.99. The molecule has 6 heteroatoms. The fourth-order valence-electron chi connectivity index (χ4n) is 2.76. The molecular formula is C21H19N3O3. The van der Waals surface area contributed by atoms with Crippen LogP contribution < -0.4 is 20.1 Å². The van der Waals surface area contributed by atoms with Crippen LogP contribution in [0, 0.1) is 6.92 Å². The zero-order chi connectivity index (χ0) is 18.6. The highest BCUT2D eigenvalue weighted by molar-refractivity contribution is 5.91. The number of amides is 1. The van der Waals surface area contributed by atoms with Crippen LogP contribution >= 0.6 is 0 Å². The number of rotatable bonds is 5. The molecule has 27 heavy (non-hydrogen) atoms. The van der Waals surface area contributed by atoms with Crippen molar-refractivity contribution in [3.05, 3.63) is 71.9 Å². The Morgan fingerprint density at radius 2 is 1.78 bits per heavy atom. The van der Waals surface area contributed by atoms with Crippen LogP contribution in [0.1, 0.15) is 11.1 Å². The van der Waals surface area contributed by atoms with Crippen LogP contribution in [0.3, 0.4) is 0 Å². The minimum Gasteiger partial charge on any atom is -0.454 e.